The summed E-state index contributed by atoms with van der Waals surface area (Å²) in [5, 5.41) is 12.1. The van der Waals surface area contributed by atoms with Gasteiger partial charge in [-0.2, -0.15) is 0 Å². The van der Waals surface area contributed by atoms with Crippen LogP contribution in [0.3, 0.4) is 0 Å². The first-order valence-corrected chi connectivity index (χ1v) is 12.7. The first kappa shape index (κ1) is 25.6. The maximum Gasteiger partial charge on any atom is 0.354 e. The number of aryl methyl sites for hydroxylation is 1. The van der Waals surface area contributed by atoms with Crippen molar-refractivity contribution in [2.24, 2.45) is 7.05 Å². The number of aromatic carboxylic acids is 1. The number of hydrogen-bond donors (Lipinski definition) is 1. The summed E-state index contributed by atoms with van der Waals surface area (Å²) in [6.45, 7) is 0. The van der Waals surface area contributed by atoms with E-state index in [0.717, 1.165) is 16.8 Å². The summed E-state index contributed by atoms with van der Waals surface area (Å²) in [6, 6.07) is 38.4. The first-order chi connectivity index (χ1) is 19.1. The molecule has 195 valence electrons. The average molecular weight is 697 g/mol. The number of hydrogen-bond acceptors (Lipinski definition) is 3. The van der Waals surface area contributed by atoms with Gasteiger partial charge in [-0.05, 0) is 63.1 Å². The van der Waals surface area contributed by atoms with Crippen molar-refractivity contribution in [1.82, 2.24) is 14.5 Å². The molecular formula is C34H22IrN3O2-. The van der Waals surface area contributed by atoms with Gasteiger partial charge in [0.1, 0.15) is 5.69 Å². The first-order valence-electron chi connectivity index (χ1n) is 12.7. The zero-order valence-electron chi connectivity index (χ0n) is 21.4. The Hall–Kier alpha value is -4.64. The molecule has 0 saturated carbocycles. The second kappa shape index (κ2) is 10.2. The molecule has 4 aromatic carbocycles. The van der Waals surface area contributed by atoms with Gasteiger partial charge in [-0.15, -0.1) is 23.8 Å². The van der Waals surface area contributed by atoms with E-state index in [1.165, 1.54) is 61.7 Å². The van der Waals surface area contributed by atoms with Crippen LogP contribution in [0.4, 0.5) is 0 Å². The Balaban J connectivity index is 0.000000250. The topological polar surface area (TPSA) is 68.0 Å². The molecule has 5 nitrogen and oxygen atoms in total. The SMILES string of the molecule is Cn1c2ccccc2c2cc[c-]c(-c3cc4c5c(cccc5n3)-c3ccccc3-4)c21.O=C(O)c1ccccn1.[Ir]. The third-order valence-corrected chi connectivity index (χ3v) is 7.34. The molecule has 1 N–H and O–H groups in total. The zero-order chi connectivity index (χ0) is 26.5. The maximum atomic E-state index is 10.1. The molecule has 7 aromatic rings. The third kappa shape index (κ3) is 4.01. The standard InChI is InChI=1S/C28H17N2.C6H5NO2.Ir/c1-30-26-15-5-4-10-19(26)21-12-6-13-22(28(21)30)25-16-23-18-9-3-2-8-17(18)20-11-7-14-24(29-25)27(20)23;8-6(9)5-3-1-2-4-7-5;/h2-12,14-16H,1H3;1-4H,(H,8,9);/q-1;;. The zero-order valence-corrected chi connectivity index (χ0v) is 23.8. The molecule has 0 saturated heterocycles. The van der Waals surface area contributed by atoms with Crippen LogP contribution in [0.5, 0.6) is 0 Å². The predicted molar refractivity (Wildman–Crippen MR) is 156 cm³/mol. The summed E-state index contributed by atoms with van der Waals surface area (Å²) in [4.78, 5) is 18.8. The van der Waals surface area contributed by atoms with E-state index in [2.05, 4.69) is 102 Å². The van der Waals surface area contributed by atoms with Crippen molar-refractivity contribution in [2.45, 2.75) is 0 Å². The number of carboxylic acids is 1. The number of carbonyl (C=O) groups is 1. The molecule has 0 aliphatic heterocycles. The van der Waals surface area contributed by atoms with Gasteiger partial charge in [-0.1, -0.05) is 72.1 Å². The summed E-state index contributed by atoms with van der Waals surface area (Å²) in [7, 11) is 2.13. The second-order valence-corrected chi connectivity index (χ2v) is 9.51. The van der Waals surface area contributed by atoms with Crippen LogP contribution in [0.1, 0.15) is 10.5 Å². The molecule has 0 amide bonds. The van der Waals surface area contributed by atoms with Crippen molar-refractivity contribution < 1.29 is 30.0 Å². The maximum absolute atomic E-state index is 10.1. The molecule has 1 aliphatic carbocycles. The van der Waals surface area contributed by atoms with Gasteiger partial charge in [-0.25, -0.2) is 9.78 Å². The number of carboxylic acid groups (broad SMARTS) is 1. The molecule has 1 aliphatic rings. The fraction of sp³-hybridized carbons (Fsp3) is 0.0294. The molecule has 6 heteroatoms. The Morgan fingerprint density at radius 3 is 2.27 bits per heavy atom. The minimum atomic E-state index is -0.990. The van der Waals surface area contributed by atoms with Gasteiger partial charge >= 0.3 is 5.97 Å². The molecule has 40 heavy (non-hydrogen) atoms. The Morgan fingerprint density at radius 2 is 1.52 bits per heavy atom. The predicted octanol–water partition coefficient (Wildman–Crippen LogP) is 7.77. The summed E-state index contributed by atoms with van der Waals surface area (Å²) in [6.07, 6.45) is 1.45. The van der Waals surface area contributed by atoms with Crippen LogP contribution in [0.25, 0.3) is 66.2 Å². The minimum Gasteiger partial charge on any atom is -0.477 e. The second-order valence-electron chi connectivity index (χ2n) is 9.51. The molecule has 8 rings (SSSR count). The van der Waals surface area contributed by atoms with Gasteiger partial charge in [0.05, 0.1) is 5.52 Å². The van der Waals surface area contributed by atoms with Crippen LogP contribution in [0.15, 0.2) is 109 Å². The van der Waals surface area contributed by atoms with E-state index < -0.39 is 5.97 Å². The van der Waals surface area contributed by atoms with Gasteiger partial charge in [0.25, 0.3) is 0 Å². The number of rotatable bonds is 2. The normalized spacial score (nSPS) is 11.1. The average Bonchev–Trinajstić information content (AvgIpc) is 3.47. The van der Waals surface area contributed by atoms with Crippen LogP contribution < -0.4 is 0 Å². The molecule has 0 fully saturated rings. The van der Waals surface area contributed by atoms with Gasteiger partial charge < -0.3 is 9.67 Å². The van der Waals surface area contributed by atoms with Gasteiger partial charge in [0, 0.05) is 44.3 Å². The summed E-state index contributed by atoms with van der Waals surface area (Å²) >= 11 is 0. The van der Waals surface area contributed by atoms with E-state index in [-0.39, 0.29) is 25.8 Å². The van der Waals surface area contributed by atoms with Gasteiger partial charge in [-0.3, -0.25) is 4.98 Å². The Labute approximate surface area is 244 Å². The summed E-state index contributed by atoms with van der Waals surface area (Å²) in [5.74, 6) is -0.990. The van der Waals surface area contributed by atoms with E-state index >= 15 is 0 Å². The Morgan fingerprint density at radius 1 is 0.800 bits per heavy atom. The van der Waals surface area contributed by atoms with Crippen LogP contribution in [-0.2, 0) is 27.2 Å². The number of para-hydroxylation sites is 1. The van der Waals surface area contributed by atoms with Gasteiger partial charge in [0.2, 0.25) is 0 Å². The van der Waals surface area contributed by atoms with Crippen LogP contribution in [-0.4, -0.2) is 25.6 Å². The van der Waals surface area contributed by atoms with Crippen molar-refractivity contribution in [2.75, 3.05) is 0 Å². The molecule has 3 heterocycles. The van der Waals surface area contributed by atoms with Gasteiger partial charge in [0.15, 0.2) is 0 Å². The molecule has 1 radical (unpaired) electrons. The van der Waals surface area contributed by atoms with E-state index in [9.17, 15) is 4.79 Å². The number of aromatic nitrogens is 3. The van der Waals surface area contributed by atoms with Crippen molar-refractivity contribution >= 4 is 38.7 Å². The van der Waals surface area contributed by atoms with Crippen LogP contribution >= 0.6 is 0 Å². The van der Waals surface area contributed by atoms with E-state index in [0.29, 0.717) is 0 Å². The fourth-order valence-corrected chi connectivity index (χ4v) is 5.66. The monoisotopic (exact) mass is 697 g/mol. The minimum absolute atomic E-state index is 0. The Kier molecular flexibility index (Phi) is 6.51. The van der Waals surface area contributed by atoms with Crippen LogP contribution in [0, 0.1) is 6.07 Å². The molecule has 0 spiro atoms. The van der Waals surface area contributed by atoms with Crippen molar-refractivity contribution in [3.05, 3.63) is 121 Å². The third-order valence-electron chi connectivity index (χ3n) is 7.34. The molecular weight excluding hydrogens is 675 g/mol. The molecule has 3 aromatic heterocycles. The molecule has 0 bridgehead atoms. The van der Waals surface area contributed by atoms with E-state index in [1.54, 1.807) is 12.1 Å². The van der Waals surface area contributed by atoms with Crippen LogP contribution in [0.2, 0.25) is 0 Å². The van der Waals surface area contributed by atoms with Crippen molar-refractivity contribution in [3.63, 3.8) is 0 Å². The van der Waals surface area contributed by atoms with E-state index in [1.807, 2.05) is 6.07 Å². The number of nitrogens with zero attached hydrogens (tertiary/aromatic N) is 3. The number of fused-ring (bicyclic) bond motifs is 6. The van der Waals surface area contributed by atoms with Crippen molar-refractivity contribution in [3.8, 4) is 33.5 Å². The van der Waals surface area contributed by atoms with Crippen molar-refractivity contribution in [1.29, 1.82) is 0 Å². The number of benzene rings is 4. The number of pyridine rings is 2. The Bertz CT molecular complexity index is 2070. The molecule has 0 atom stereocenters. The quantitative estimate of drug-likeness (QED) is 0.188. The summed E-state index contributed by atoms with van der Waals surface area (Å²) < 4.78 is 2.27. The smallest absolute Gasteiger partial charge is 0.354 e. The largest absolute Gasteiger partial charge is 0.477 e. The molecule has 0 unspecified atom stereocenters. The van der Waals surface area contributed by atoms with E-state index in [4.69, 9.17) is 10.1 Å². The summed E-state index contributed by atoms with van der Waals surface area (Å²) in [5.41, 5.74) is 10.7. The fourth-order valence-electron chi connectivity index (χ4n) is 5.66.